The van der Waals surface area contributed by atoms with Crippen LogP contribution in [0.4, 0.5) is 18.9 Å². The largest absolute Gasteiger partial charge is 0.494 e. The molecule has 0 aliphatic rings. The zero-order chi connectivity index (χ0) is 15.1. The number of aromatic hydroxyl groups is 2. The van der Waals surface area contributed by atoms with E-state index in [0.717, 1.165) is 22.8 Å². The number of rotatable bonds is 2. The number of nitrogens with zero attached hydrogens (tertiary/aromatic N) is 2. The summed E-state index contributed by atoms with van der Waals surface area (Å²) in [6, 6.07) is 4.29. The Morgan fingerprint density at radius 3 is 2.10 bits per heavy atom. The predicted molar refractivity (Wildman–Crippen MR) is 60.8 cm³/mol. The Morgan fingerprint density at radius 2 is 1.65 bits per heavy atom. The first-order valence-electron chi connectivity index (χ1n) is 5.17. The maximum Gasteiger partial charge on any atom is 0.423 e. The van der Waals surface area contributed by atoms with E-state index >= 15 is 0 Å². The van der Waals surface area contributed by atoms with Gasteiger partial charge in [-0.1, -0.05) is 0 Å². The van der Waals surface area contributed by atoms with E-state index in [4.69, 9.17) is 0 Å². The molecule has 0 bridgehead atoms. The number of alkyl halides is 3. The van der Waals surface area contributed by atoms with Gasteiger partial charge in [-0.3, -0.25) is 14.7 Å². The van der Waals surface area contributed by atoms with Gasteiger partial charge in [0.1, 0.15) is 5.56 Å². The van der Waals surface area contributed by atoms with Crippen LogP contribution in [0.2, 0.25) is 0 Å². The molecule has 0 amide bonds. The van der Waals surface area contributed by atoms with Crippen molar-refractivity contribution in [1.29, 1.82) is 0 Å². The third-order valence-electron chi connectivity index (χ3n) is 2.58. The third-order valence-corrected chi connectivity index (χ3v) is 2.58. The Morgan fingerprint density at radius 1 is 1.10 bits per heavy atom. The quantitative estimate of drug-likeness (QED) is 0.657. The van der Waals surface area contributed by atoms with Gasteiger partial charge in [0.05, 0.1) is 10.6 Å². The van der Waals surface area contributed by atoms with Crippen LogP contribution >= 0.6 is 0 Å². The summed E-state index contributed by atoms with van der Waals surface area (Å²) in [7, 11) is 0. The molecule has 0 unspecified atom stereocenters. The van der Waals surface area contributed by atoms with Crippen LogP contribution in [0.5, 0.6) is 11.8 Å². The Balaban J connectivity index is 2.68. The third kappa shape index (κ3) is 2.25. The number of nitro groups is 1. The summed E-state index contributed by atoms with van der Waals surface area (Å²) in [4.78, 5) is 9.45. The highest BCUT2D eigenvalue weighted by atomic mass is 19.4. The molecule has 2 N–H and O–H groups in total. The molecule has 20 heavy (non-hydrogen) atoms. The second-order valence-corrected chi connectivity index (χ2v) is 3.84. The van der Waals surface area contributed by atoms with Crippen LogP contribution in [0.15, 0.2) is 30.3 Å². The lowest BCUT2D eigenvalue weighted by Crippen LogP contribution is -2.10. The molecular formula is C11H7F3N2O4. The smallest absolute Gasteiger partial charge is 0.423 e. The molecule has 0 radical (unpaired) electrons. The molecule has 0 saturated carbocycles. The number of halogens is 3. The molecule has 6 nitrogen and oxygen atoms in total. The van der Waals surface area contributed by atoms with Crippen molar-refractivity contribution in [1.82, 2.24) is 4.57 Å². The molecule has 0 atom stereocenters. The van der Waals surface area contributed by atoms with Crippen LogP contribution in [0.25, 0.3) is 5.69 Å². The molecule has 1 aromatic heterocycles. The van der Waals surface area contributed by atoms with Crippen molar-refractivity contribution in [2.75, 3.05) is 0 Å². The highest BCUT2D eigenvalue weighted by Crippen LogP contribution is 2.38. The molecule has 1 aromatic carbocycles. The lowest BCUT2D eigenvalue weighted by Gasteiger charge is -2.11. The lowest BCUT2D eigenvalue weighted by molar-refractivity contribution is -0.388. The number of nitro benzene ring substituents is 1. The molecule has 106 valence electrons. The van der Waals surface area contributed by atoms with Crippen molar-refractivity contribution in [2.24, 2.45) is 0 Å². The van der Waals surface area contributed by atoms with Crippen molar-refractivity contribution < 1.29 is 28.3 Å². The molecule has 0 aliphatic heterocycles. The second-order valence-electron chi connectivity index (χ2n) is 3.84. The van der Waals surface area contributed by atoms with Gasteiger partial charge in [0.25, 0.3) is 5.69 Å². The van der Waals surface area contributed by atoms with E-state index in [1.165, 1.54) is 0 Å². The van der Waals surface area contributed by atoms with Gasteiger partial charge in [-0.2, -0.15) is 13.2 Å². The van der Waals surface area contributed by atoms with E-state index in [9.17, 15) is 33.5 Å². The van der Waals surface area contributed by atoms with Crippen molar-refractivity contribution in [3.8, 4) is 17.4 Å². The molecule has 2 aromatic rings. The zero-order valence-corrected chi connectivity index (χ0v) is 9.63. The number of hydrogen-bond donors (Lipinski definition) is 2. The van der Waals surface area contributed by atoms with Crippen LogP contribution in [0.3, 0.4) is 0 Å². The van der Waals surface area contributed by atoms with Crippen LogP contribution in [0.1, 0.15) is 5.56 Å². The van der Waals surface area contributed by atoms with E-state index in [2.05, 4.69) is 0 Å². The Hall–Kier alpha value is -2.71. The van der Waals surface area contributed by atoms with E-state index < -0.39 is 34.1 Å². The van der Waals surface area contributed by atoms with E-state index in [0.29, 0.717) is 12.1 Å². The summed E-state index contributed by atoms with van der Waals surface area (Å²) in [5.41, 5.74) is -2.82. The fourth-order valence-corrected chi connectivity index (χ4v) is 1.73. The average molecular weight is 288 g/mol. The van der Waals surface area contributed by atoms with E-state index in [-0.39, 0.29) is 5.69 Å². The van der Waals surface area contributed by atoms with Crippen molar-refractivity contribution in [3.63, 3.8) is 0 Å². The van der Waals surface area contributed by atoms with Crippen molar-refractivity contribution in [3.05, 3.63) is 46.0 Å². The van der Waals surface area contributed by atoms with Crippen LogP contribution in [-0.4, -0.2) is 19.7 Å². The minimum atomic E-state index is -4.93. The summed E-state index contributed by atoms with van der Waals surface area (Å²) < 4.78 is 39.1. The topological polar surface area (TPSA) is 88.5 Å². The van der Waals surface area contributed by atoms with Gasteiger partial charge in [-0.15, -0.1) is 0 Å². The molecule has 0 aliphatic carbocycles. The number of aromatic nitrogens is 1. The molecule has 2 rings (SSSR count). The van der Waals surface area contributed by atoms with Gasteiger partial charge in [0.15, 0.2) is 11.8 Å². The molecule has 0 fully saturated rings. The summed E-state index contributed by atoms with van der Waals surface area (Å²) in [5, 5.41) is 29.5. The number of benzene rings is 1. The normalized spacial score (nSPS) is 11.6. The Kier molecular flexibility index (Phi) is 3.04. The molecule has 9 heteroatoms. The molecule has 0 saturated heterocycles. The maximum atomic E-state index is 12.8. The highest BCUT2D eigenvalue weighted by Gasteiger charge is 2.38. The van der Waals surface area contributed by atoms with Gasteiger partial charge in [-0.25, -0.2) is 0 Å². The minimum Gasteiger partial charge on any atom is -0.494 e. The monoisotopic (exact) mass is 288 g/mol. The van der Waals surface area contributed by atoms with Gasteiger partial charge in [-0.05, 0) is 12.1 Å². The van der Waals surface area contributed by atoms with Crippen LogP contribution < -0.4 is 0 Å². The number of hydrogen-bond acceptors (Lipinski definition) is 4. The van der Waals surface area contributed by atoms with Gasteiger partial charge < -0.3 is 10.2 Å². The van der Waals surface area contributed by atoms with Crippen molar-refractivity contribution >= 4 is 5.69 Å². The first-order chi connectivity index (χ1) is 9.21. The zero-order valence-electron chi connectivity index (χ0n) is 9.63. The highest BCUT2D eigenvalue weighted by molar-refractivity contribution is 5.52. The van der Waals surface area contributed by atoms with Crippen LogP contribution in [-0.2, 0) is 6.18 Å². The first kappa shape index (κ1) is 13.7. The molecular weight excluding hydrogens is 281 g/mol. The molecule has 0 spiro atoms. The lowest BCUT2D eigenvalue weighted by atomic mass is 10.1. The molecule has 1 heterocycles. The predicted octanol–water partition coefficient (Wildman–Crippen LogP) is 2.82. The summed E-state index contributed by atoms with van der Waals surface area (Å²) in [5.74, 6) is -0.992. The van der Waals surface area contributed by atoms with Gasteiger partial charge >= 0.3 is 6.18 Å². The second kappa shape index (κ2) is 4.44. The average Bonchev–Trinajstić information content (AvgIpc) is 2.67. The fourth-order valence-electron chi connectivity index (χ4n) is 1.73. The Bertz CT molecular complexity index is 659. The summed E-state index contributed by atoms with van der Waals surface area (Å²) >= 11 is 0. The standard InChI is InChI=1S/C11H7F3N2O4/c12-11(13,14)7-5-6(1-2-8(7)16(19)20)15-9(17)3-4-10(15)18/h1-5,17-18H. The Labute approximate surface area is 109 Å². The van der Waals surface area contributed by atoms with Crippen LogP contribution in [0, 0.1) is 10.1 Å². The summed E-state index contributed by atoms with van der Waals surface area (Å²) in [6.45, 7) is 0. The first-order valence-corrected chi connectivity index (χ1v) is 5.17. The van der Waals surface area contributed by atoms with E-state index in [1.807, 2.05) is 0 Å². The van der Waals surface area contributed by atoms with Crippen molar-refractivity contribution in [2.45, 2.75) is 6.18 Å². The minimum absolute atomic E-state index is 0.247. The maximum absolute atomic E-state index is 12.8. The van der Waals surface area contributed by atoms with Gasteiger partial charge in [0, 0.05) is 18.2 Å². The SMILES string of the molecule is O=[N+]([O-])c1ccc(-n2c(O)ccc2O)cc1C(F)(F)F. The fraction of sp³-hybridized carbons (Fsp3) is 0.0909. The summed E-state index contributed by atoms with van der Waals surface area (Å²) in [6.07, 6.45) is -4.93. The van der Waals surface area contributed by atoms with Gasteiger partial charge in [0.2, 0.25) is 0 Å². The van der Waals surface area contributed by atoms with E-state index in [1.54, 1.807) is 0 Å².